The van der Waals surface area contributed by atoms with Gasteiger partial charge in [-0.1, -0.05) is 13.8 Å². The summed E-state index contributed by atoms with van der Waals surface area (Å²) >= 11 is 0. The Bertz CT molecular complexity index is 161. The monoisotopic (exact) mass is 156 g/mol. The largest absolute Gasteiger partial charge is 0.396 e. The van der Waals surface area contributed by atoms with Gasteiger partial charge >= 0.3 is 0 Å². The van der Waals surface area contributed by atoms with Crippen molar-refractivity contribution >= 4 is 5.78 Å². The minimum atomic E-state index is -0.115. The molecule has 0 saturated heterocycles. The molecule has 1 fully saturated rings. The fraction of sp³-hybridized carbons (Fsp3) is 0.889. The van der Waals surface area contributed by atoms with Gasteiger partial charge in [-0.2, -0.15) is 0 Å². The molecule has 0 heterocycles. The molecule has 1 N–H and O–H groups in total. The fourth-order valence-corrected chi connectivity index (χ4v) is 1.85. The Hall–Kier alpha value is -0.370. The van der Waals surface area contributed by atoms with Crippen LogP contribution < -0.4 is 0 Å². The number of carbonyl (C=O) groups is 1. The first kappa shape index (κ1) is 8.72. The maximum atomic E-state index is 11.3. The number of hydrogen-bond donors (Lipinski definition) is 1. The Kier molecular flexibility index (Phi) is 2.33. The Balaban J connectivity index is 2.72. The van der Waals surface area contributed by atoms with E-state index in [1.54, 1.807) is 0 Å². The van der Waals surface area contributed by atoms with Crippen LogP contribution in [0.4, 0.5) is 0 Å². The molecule has 1 unspecified atom stereocenters. The molecule has 0 aromatic rings. The van der Waals surface area contributed by atoms with Crippen molar-refractivity contribution in [2.75, 3.05) is 6.61 Å². The van der Waals surface area contributed by atoms with Crippen LogP contribution in [0.1, 0.15) is 33.1 Å². The van der Waals surface area contributed by atoms with Crippen LogP contribution in [0.5, 0.6) is 0 Å². The third-order valence-corrected chi connectivity index (χ3v) is 2.76. The van der Waals surface area contributed by atoms with Gasteiger partial charge in [0.25, 0.3) is 0 Å². The summed E-state index contributed by atoms with van der Waals surface area (Å²) in [6, 6.07) is 0. The molecule has 1 rings (SSSR count). The van der Waals surface area contributed by atoms with E-state index in [-0.39, 0.29) is 23.7 Å². The third kappa shape index (κ3) is 1.62. The summed E-state index contributed by atoms with van der Waals surface area (Å²) in [6.45, 7) is 4.14. The second-order valence-corrected chi connectivity index (χ2v) is 4.04. The van der Waals surface area contributed by atoms with E-state index < -0.39 is 0 Å². The van der Waals surface area contributed by atoms with E-state index in [0.717, 1.165) is 12.8 Å². The zero-order valence-corrected chi connectivity index (χ0v) is 7.26. The number of aliphatic hydroxyl groups is 1. The molecule has 0 amide bonds. The van der Waals surface area contributed by atoms with Crippen LogP contribution in [0, 0.1) is 11.3 Å². The van der Waals surface area contributed by atoms with E-state index in [9.17, 15) is 4.79 Å². The highest BCUT2D eigenvalue weighted by atomic mass is 16.3. The normalized spacial score (nSPS) is 30.5. The molecule has 0 aromatic heterocycles. The van der Waals surface area contributed by atoms with Crippen LogP contribution >= 0.6 is 0 Å². The molecule has 11 heavy (non-hydrogen) atoms. The summed E-state index contributed by atoms with van der Waals surface area (Å²) in [7, 11) is 0. The second kappa shape index (κ2) is 2.94. The number of rotatable bonds is 1. The number of aliphatic hydroxyl groups excluding tert-OH is 1. The molecule has 0 spiro atoms. The van der Waals surface area contributed by atoms with Crippen molar-refractivity contribution in [1.82, 2.24) is 0 Å². The van der Waals surface area contributed by atoms with E-state index in [4.69, 9.17) is 5.11 Å². The SMILES string of the molecule is CC1(C)CCCC(=O)C1CO. The van der Waals surface area contributed by atoms with Crippen molar-refractivity contribution in [2.24, 2.45) is 11.3 Å². The van der Waals surface area contributed by atoms with Crippen LogP contribution in [0.2, 0.25) is 0 Å². The highest BCUT2D eigenvalue weighted by Gasteiger charge is 2.37. The first-order chi connectivity index (χ1) is 5.08. The van der Waals surface area contributed by atoms with E-state index in [0.29, 0.717) is 6.42 Å². The molecule has 1 atom stereocenters. The van der Waals surface area contributed by atoms with Crippen molar-refractivity contribution in [2.45, 2.75) is 33.1 Å². The van der Waals surface area contributed by atoms with Crippen molar-refractivity contribution in [3.05, 3.63) is 0 Å². The van der Waals surface area contributed by atoms with Crippen molar-refractivity contribution < 1.29 is 9.90 Å². The molecule has 0 aromatic carbocycles. The standard InChI is InChI=1S/C9H16O2/c1-9(2)5-3-4-8(11)7(9)6-10/h7,10H,3-6H2,1-2H3. The molecule has 1 saturated carbocycles. The lowest BCUT2D eigenvalue weighted by Gasteiger charge is -2.36. The average Bonchev–Trinajstić information content (AvgIpc) is 1.86. The molecule has 0 radical (unpaired) electrons. The smallest absolute Gasteiger partial charge is 0.138 e. The third-order valence-electron chi connectivity index (χ3n) is 2.76. The van der Waals surface area contributed by atoms with Gasteiger partial charge in [-0.3, -0.25) is 4.79 Å². The van der Waals surface area contributed by atoms with Crippen molar-refractivity contribution in [3.63, 3.8) is 0 Å². The molecule has 1 aliphatic carbocycles. The van der Waals surface area contributed by atoms with Crippen molar-refractivity contribution in [3.8, 4) is 0 Å². The molecule has 2 heteroatoms. The van der Waals surface area contributed by atoms with Gasteiger partial charge in [0.05, 0.1) is 6.61 Å². The van der Waals surface area contributed by atoms with Crippen molar-refractivity contribution in [1.29, 1.82) is 0 Å². The van der Waals surface area contributed by atoms with Gasteiger partial charge < -0.3 is 5.11 Å². The van der Waals surface area contributed by atoms with Crippen LogP contribution in [-0.4, -0.2) is 17.5 Å². The Morgan fingerprint density at radius 2 is 2.27 bits per heavy atom. The lowest BCUT2D eigenvalue weighted by atomic mass is 9.68. The summed E-state index contributed by atoms with van der Waals surface area (Å²) in [5.74, 6) is 0.125. The molecule has 1 aliphatic rings. The van der Waals surface area contributed by atoms with Crippen LogP contribution in [-0.2, 0) is 4.79 Å². The topological polar surface area (TPSA) is 37.3 Å². The molecule has 64 valence electrons. The summed E-state index contributed by atoms with van der Waals surface area (Å²) in [6.07, 6.45) is 2.71. The predicted octanol–water partition coefficient (Wildman–Crippen LogP) is 1.37. The summed E-state index contributed by atoms with van der Waals surface area (Å²) in [5, 5.41) is 8.98. The Morgan fingerprint density at radius 3 is 2.64 bits per heavy atom. The lowest BCUT2D eigenvalue weighted by molar-refractivity contribution is -0.131. The van der Waals surface area contributed by atoms with Crippen LogP contribution in [0.3, 0.4) is 0 Å². The summed E-state index contributed by atoms with van der Waals surface area (Å²) < 4.78 is 0. The Labute approximate surface area is 67.6 Å². The number of Topliss-reactive ketones (excluding diaryl/α,β-unsaturated/α-hetero) is 1. The zero-order valence-electron chi connectivity index (χ0n) is 7.26. The predicted molar refractivity (Wildman–Crippen MR) is 43.2 cm³/mol. The van der Waals surface area contributed by atoms with Gasteiger partial charge in [0.1, 0.15) is 5.78 Å². The maximum Gasteiger partial charge on any atom is 0.138 e. The van der Waals surface area contributed by atoms with Gasteiger partial charge in [-0.25, -0.2) is 0 Å². The van der Waals surface area contributed by atoms with E-state index >= 15 is 0 Å². The van der Waals surface area contributed by atoms with Crippen LogP contribution in [0.15, 0.2) is 0 Å². The number of ketones is 1. The van der Waals surface area contributed by atoms with Gasteiger partial charge in [-0.05, 0) is 18.3 Å². The van der Waals surface area contributed by atoms with E-state index in [2.05, 4.69) is 13.8 Å². The van der Waals surface area contributed by atoms with Crippen LogP contribution in [0.25, 0.3) is 0 Å². The molecular weight excluding hydrogens is 140 g/mol. The molecule has 2 nitrogen and oxygen atoms in total. The van der Waals surface area contributed by atoms with E-state index in [1.807, 2.05) is 0 Å². The molecule has 0 aliphatic heterocycles. The molecular formula is C9H16O2. The molecule has 0 bridgehead atoms. The van der Waals surface area contributed by atoms with E-state index in [1.165, 1.54) is 0 Å². The second-order valence-electron chi connectivity index (χ2n) is 4.04. The summed E-state index contributed by atoms with van der Waals surface area (Å²) in [5.41, 5.74) is 0.0179. The first-order valence-corrected chi connectivity index (χ1v) is 4.21. The lowest BCUT2D eigenvalue weighted by Crippen LogP contribution is -2.37. The first-order valence-electron chi connectivity index (χ1n) is 4.21. The fourth-order valence-electron chi connectivity index (χ4n) is 1.85. The number of hydrogen-bond acceptors (Lipinski definition) is 2. The quantitative estimate of drug-likeness (QED) is 0.622. The zero-order chi connectivity index (χ0) is 8.48. The van der Waals surface area contributed by atoms with Gasteiger partial charge in [0.15, 0.2) is 0 Å². The maximum absolute atomic E-state index is 11.3. The summed E-state index contributed by atoms with van der Waals surface area (Å²) in [4.78, 5) is 11.3. The van der Waals surface area contributed by atoms with Gasteiger partial charge in [0, 0.05) is 12.3 Å². The highest BCUT2D eigenvalue weighted by Crippen LogP contribution is 2.37. The number of carbonyl (C=O) groups excluding carboxylic acids is 1. The Morgan fingerprint density at radius 1 is 1.64 bits per heavy atom. The minimum absolute atomic E-state index is 0.0179. The highest BCUT2D eigenvalue weighted by molar-refractivity contribution is 5.82. The minimum Gasteiger partial charge on any atom is -0.396 e. The average molecular weight is 156 g/mol. The van der Waals surface area contributed by atoms with Gasteiger partial charge in [0.2, 0.25) is 0 Å². The van der Waals surface area contributed by atoms with Gasteiger partial charge in [-0.15, -0.1) is 0 Å².